The van der Waals surface area contributed by atoms with Gasteiger partial charge in [0, 0.05) is 0 Å². The van der Waals surface area contributed by atoms with Crippen LogP contribution in [0.25, 0.3) is 10.8 Å². The molecule has 0 saturated heterocycles. The Morgan fingerprint density at radius 1 is 0.722 bits per heavy atom. The minimum absolute atomic E-state index is 0.151. The van der Waals surface area contributed by atoms with Gasteiger partial charge in [0.2, 0.25) is 0 Å². The molecule has 0 heterocycles. The predicted octanol–water partition coefficient (Wildman–Crippen LogP) is 1.61. The molecule has 0 unspecified atom stereocenters. The average Bonchev–Trinajstić information content (AvgIpc) is 2.43. The van der Waals surface area contributed by atoms with Crippen molar-refractivity contribution >= 4 is 59.8 Å². The van der Waals surface area contributed by atoms with Crippen LogP contribution in [-0.4, -0.2) is 56.1 Å². The summed E-state index contributed by atoms with van der Waals surface area (Å²) in [6.45, 7) is 0. The Balaban J connectivity index is 2.69. The van der Waals surface area contributed by atoms with Crippen molar-refractivity contribution in [3.05, 3.63) is 24.3 Å². The van der Waals surface area contributed by atoms with Gasteiger partial charge < -0.3 is 0 Å². The SMILES string of the molecule is COc1cc2cc([Te]C)c(OC)cc2cc1[Te]C. The summed E-state index contributed by atoms with van der Waals surface area (Å²) in [6, 6.07) is 8.87. The van der Waals surface area contributed by atoms with Crippen molar-refractivity contribution < 1.29 is 9.47 Å². The van der Waals surface area contributed by atoms with E-state index in [0.717, 1.165) is 11.5 Å². The number of methoxy groups -OCH3 is 2. The Labute approximate surface area is 128 Å². The van der Waals surface area contributed by atoms with E-state index in [1.807, 2.05) is 0 Å². The Morgan fingerprint density at radius 3 is 1.39 bits per heavy atom. The van der Waals surface area contributed by atoms with Gasteiger partial charge in [-0.15, -0.1) is 0 Å². The molecule has 2 nitrogen and oxygen atoms in total. The van der Waals surface area contributed by atoms with E-state index in [1.165, 1.54) is 18.0 Å². The molecular formula is C14H16O2Te2. The summed E-state index contributed by atoms with van der Waals surface area (Å²) in [4.78, 5) is 4.55. The first kappa shape index (κ1) is 14.3. The molecule has 4 heteroatoms. The second-order valence-electron chi connectivity index (χ2n) is 3.76. The van der Waals surface area contributed by atoms with Gasteiger partial charge in [0.25, 0.3) is 0 Å². The van der Waals surface area contributed by atoms with Crippen molar-refractivity contribution in [2.45, 2.75) is 9.94 Å². The first-order valence-electron chi connectivity index (χ1n) is 5.51. The van der Waals surface area contributed by atoms with Crippen LogP contribution in [0.1, 0.15) is 0 Å². The van der Waals surface area contributed by atoms with Crippen LogP contribution in [0, 0.1) is 0 Å². The molecule has 0 spiro atoms. The molecule has 18 heavy (non-hydrogen) atoms. The molecule has 2 aromatic rings. The Kier molecular flexibility index (Phi) is 5.05. The van der Waals surface area contributed by atoms with Gasteiger partial charge in [0.15, 0.2) is 0 Å². The molecule has 0 saturated carbocycles. The normalized spacial score (nSPS) is 10.7. The summed E-state index contributed by atoms with van der Waals surface area (Å²) in [5, 5.41) is 2.53. The van der Waals surface area contributed by atoms with Crippen LogP contribution >= 0.6 is 0 Å². The number of fused-ring (bicyclic) bond motifs is 1. The molecule has 0 aliphatic carbocycles. The fraction of sp³-hybridized carbons (Fsp3) is 0.286. The van der Waals surface area contributed by atoms with Crippen LogP contribution in [0.2, 0.25) is 9.94 Å². The van der Waals surface area contributed by atoms with Gasteiger partial charge >= 0.3 is 129 Å². The number of rotatable bonds is 4. The summed E-state index contributed by atoms with van der Waals surface area (Å²) in [6.07, 6.45) is 0. The first-order valence-corrected chi connectivity index (χ1v) is 12.5. The van der Waals surface area contributed by atoms with E-state index in [0.29, 0.717) is 0 Å². The molecule has 0 aliphatic heterocycles. The first-order chi connectivity index (χ1) is 8.73. The molecule has 0 radical (unpaired) electrons. The molecule has 0 atom stereocenters. The second kappa shape index (κ2) is 6.35. The van der Waals surface area contributed by atoms with Gasteiger partial charge in [-0.25, -0.2) is 0 Å². The molecule has 0 bridgehead atoms. The number of ether oxygens (including phenoxy) is 2. The zero-order valence-electron chi connectivity index (χ0n) is 10.9. The van der Waals surface area contributed by atoms with E-state index >= 15 is 0 Å². The fourth-order valence-corrected chi connectivity index (χ4v) is 5.26. The molecule has 0 aromatic heterocycles. The van der Waals surface area contributed by atoms with Crippen LogP contribution in [0.15, 0.2) is 24.3 Å². The van der Waals surface area contributed by atoms with Crippen molar-refractivity contribution in [3.63, 3.8) is 0 Å². The van der Waals surface area contributed by atoms with E-state index in [2.05, 4.69) is 34.2 Å². The summed E-state index contributed by atoms with van der Waals surface area (Å²) in [5.74, 6) is 2.08. The van der Waals surface area contributed by atoms with E-state index in [-0.39, 0.29) is 41.8 Å². The van der Waals surface area contributed by atoms with E-state index in [4.69, 9.17) is 9.47 Å². The van der Waals surface area contributed by atoms with Gasteiger partial charge in [-0.05, 0) is 0 Å². The quantitative estimate of drug-likeness (QED) is 0.632. The Hall–Kier alpha value is -0.121. The van der Waals surface area contributed by atoms with Gasteiger partial charge in [-0.3, -0.25) is 0 Å². The Morgan fingerprint density at radius 2 is 1.11 bits per heavy atom. The van der Waals surface area contributed by atoms with Crippen molar-refractivity contribution in [3.8, 4) is 11.5 Å². The molecule has 96 valence electrons. The topological polar surface area (TPSA) is 18.5 Å². The third-order valence-corrected chi connectivity index (χ3v) is 7.18. The average molecular weight is 471 g/mol. The van der Waals surface area contributed by atoms with E-state index in [9.17, 15) is 0 Å². The maximum absolute atomic E-state index is 5.49. The number of benzene rings is 2. The Bertz CT molecular complexity index is 470. The second-order valence-corrected chi connectivity index (χ2v) is 8.60. The molecule has 0 aliphatic rings. The number of hydrogen-bond acceptors (Lipinski definition) is 2. The van der Waals surface area contributed by atoms with Crippen LogP contribution in [-0.2, 0) is 0 Å². The van der Waals surface area contributed by atoms with Crippen molar-refractivity contribution in [2.24, 2.45) is 0 Å². The molecule has 2 aromatic carbocycles. The molecule has 0 N–H and O–H groups in total. The maximum atomic E-state index is 5.49. The van der Waals surface area contributed by atoms with Gasteiger partial charge in [0.05, 0.1) is 0 Å². The summed E-state index contributed by atoms with van der Waals surface area (Å²) in [5.41, 5.74) is 0. The van der Waals surface area contributed by atoms with Crippen LogP contribution in [0.3, 0.4) is 0 Å². The van der Waals surface area contributed by atoms with Gasteiger partial charge in [-0.2, -0.15) is 0 Å². The molecule has 2 rings (SSSR count). The third-order valence-electron chi connectivity index (χ3n) is 2.85. The van der Waals surface area contributed by atoms with Crippen molar-refractivity contribution in [1.82, 2.24) is 0 Å². The standard InChI is InChI=1S/C14H16O2Te2/c1-15-11-5-9-8-14(18-4)12(16-2)6-10(9)7-13(11)17-3/h5-8H,1-4H3. The van der Waals surface area contributed by atoms with Crippen molar-refractivity contribution in [2.75, 3.05) is 14.2 Å². The van der Waals surface area contributed by atoms with Gasteiger partial charge in [-0.1, -0.05) is 0 Å². The van der Waals surface area contributed by atoms with Crippen LogP contribution < -0.4 is 16.7 Å². The monoisotopic (exact) mass is 476 g/mol. The minimum atomic E-state index is -0.151. The predicted molar refractivity (Wildman–Crippen MR) is 79.6 cm³/mol. The zero-order valence-corrected chi connectivity index (χ0v) is 15.6. The molecule has 0 amide bonds. The summed E-state index contributed by atoms with van der Waals surface area (Å²) < 4.78 is 13.7. The molecular weight excluding hydrogens is 455 g/mol. The van der Waals surface area contributed by atoms with Gasteiger partial charge in [0.1, 0.15) is 0 Å². The van der Waals surface area contributed by atoms with Crippen LogP contribution in [0.5, 0.6) is 11.5 Å². The molecule has 0 fully saturated rings. The zero-order chi connectivity index (χ0) is 13.1. The van der Waals surface area contributed by atoms with E-state index < -0.39 is 0 Å². The van der Waals surface area contributed by atoms with Crippen LogP contribution in [0.4, 0.5) is 0 Å². The van der Waals surface area contributed by atoms with E-state index in [1.54, 1.807) is 14.2 Å². The summed E-state index contributed by atoms with van der Waals surface area (Å²) in [7, 11) is 3.51. The summed E-state index contributed by atoms with van der Waals surface area (Å²) >= 11 is -0.302. The third kappa shape index (κ3) is 2.73. The van der Waals surface area contributed by atoms with Crippen molar-refractivity contribution in [1.29, 1.82) is 0 Å². The number of hydrogen-bond donors (Lipinski definition) is 0. The fourth-order valence-electron chi connectivity index (χ4n) is 1.90.